The van der Waals surface area contributed by atoms with Crippen LogP contribution in [0.15, 0.2) is 18.2 Å². The first-order valence-corrected chi connectivity index (χ1v) is 8.23. The molecule has 1 aromatic carbocycles. The highest BCUT2D eigenvalue weighted by Crippen LogP contribution is 2.34. The first-order chi connectivity index (χ1) is 8.69. The molecule has 100 valence electrons. The van der Waals surface area contributed by atoms with Gasteiger partial charge in [0.25, 0.3) is 0 Å². The van der Waals surface area contributed by atoms with Crippen molar-refractivity contribution < 1.29 is 0 Å². The van der Waals surface area contributed by atoms with Crippen LogP contribution in [0.2, 0.25) is 0 Å². The molecule has 1 nitrogen and oxygen atoms in total. The fraction of sp³-hybridized carbons (Fsp3) is 0.625. The van der Waals surface area contributed by atoms with E-state index < -0.39 is 0 Å². The molecule has 0 heterocycles. The van der Waals surface area contributed by atoms with Gasteiger partial charge in [-0.25, -0.2) is 0 Å². The van der Waals surface area contributed by atoms with Gasteiger partial charge < -0.3 is 5.32 Å². The number of hydrogen-bond acceptors (Lipinski definition) is 2. The summed E-state index contributed by atoms with van der Waals surface area (Å²) in [7, 11) is 0. The minimum absolute atomic E-state index is 0.742. The smallest absolute Gasteiger partial charge is 0.0186 e. The molecule has 0 aromatic heterocycles. The van der Waals surface area contributed by atoms with E-state index in [1.807, 2.05) is 0 Å². The van der Waals surface area contributed by atoms with Crippen LogP contribution in [0.25, 0.3) is 0 Å². The topological polar surface area (TPSA) is 12.0 Å². The van der Waals surface area contributed by atoms with E-state index in [0.717, 1.165) is 24.3 Å². The summed E-state index contributed by atoms with van der Waals surface area (Å²) in [4.78, 5) is 0. The number of hydrogen-bond donors (Lipinski definition) is 1. The summed E-state index contributed by atoms with van der Waals surface area (Å²) in [6.07, 6.45) is 2.86. The van der Waals surface area contributed by atoms with Crippen molar-refractivity contribution in [3.05, 3.63) is 34.9 Å². The Balaban J connectivity index is 1.79. The van der Waals surface area contributed by atoms with Gasteiger partial charge in [0.15, 0.2) is 0 Å². The van der Waals surface area contributed by atoms with Crippen molar-refractivity contribution in [2.75, 3.05) is 12.3 Å². The lowest BCUT2D eigenvalue weighted by Gasteiger charge is -2.16. The van der Waals surface area contributed by atoms with Crippen LogP contribution >= 0.6 is 11.8 Å². The van der Waals surface area contributed by atoms with E-state index in [9.17, 15) is 0 Å². The lowest BCUT2D eigenvalue weighted by Crippen LogP contribution is -2.33. The third kappa shape index (κ3) is 4.33. The normalized spacial score (nSPS) is 16.8. The second-order valence-electron chi connectivity index (χ2n) is 5.51. The third-order valence-corrected chi connectivity index (χ3v) is 4.64. The zero-order valence-electron chi connectivity index (χ0n) is 11.8. The van der Waals surface area contributed by atoms with Crippen molar-refractivity contribution in [1.82, 2.24) is 5.32 Å². The first-order valence-electron chi connectivity index (χ1n) is 7.07. The molecule has 2 heteroatoms. The first kappa shape index (κ1) is 14.0. The zero-order valence-corrected chi connectivity index (χ0v) is 12.6. The fourth-order valence-electron chi connectivity index (χ4n) is 2.58. The zero-order chi connectivity index (χ0) is 13.0. The highest BCUT2D eigenvalue weighted by molar-refractivity contribution is 7.98. The van der Waals surface area contributed by atoms with Gasteiger partial charge in [-0.3, -0.25) is 0 Å². The molecule has 18 heavy (non-hydrogen) atoms. The molecular formula is C16H25NS. The van der Waals surface area contributed by atoms with E-state index in [-0.39, 0.29) is 0 Å². The Kier molecular flexibility index (Phi) is 5.13. The van der Waals surface area contributed by atoms with Crippen LogP contribution in [0.1, 0.15) is 36.5 Å². The molecule has 1 saturated carbocycles. The predicted octanol–water partition coefficient (Wildman–Crippen LogP) is 3.92. The Morgan fingerprint density at radius 1 is 1.22 bits per heavy atom. The lowest BCUT2D eigenvalue weighted by molar-refractivity contribution is 0.519. The monoisotopic (exact) mass is 263 g/mol. The minimum Gasteiger partial charge on any atom is -0.313 e. The van der Waals surface area contributed by atoms with Crippen LogP contribution < -0.4 is 5.32 Å². The average molecular weight is 263 g/mol. The number of benzene rings is 1. The van der Waals surface area contributed by atoms with Crippen LogP contribution in [0.5, 0.6) is 0 Å². The quantitative estimate of drug-likeness (QED) is 0.800. The van der Waals surface area contributed by atoms with Gasteiger partial charge in [-0.2, -0.15) is 11.8 Å². The highest BCUT2D eigenvalue weighted by Gasteiger charge is 2.30. The van der Waals surface area contributed by atoms with Crippen LogP contribution in [0.3, 0.4) is 0 Å². The van der Waals surface area contributed by atoms with E-state index in [1.54, 1.807) is 0 Å². The molecule has 0 radical (unpaired) electrons. The largest absolute Gasteiger partial charge is 0.313 e. The summed E-state index contributed by atoms with van der Waals surface area (Å²) in [6, 6.07) is 7.63. The second kappa shape index (κ2) is 6.63. The van der Waals surface area contributed by atoms with Crippen LogP contribution in [-0.2, 0) is 5.75 Å². The van der Waals surface area contributed by atoms with Crippen molar-refractivity contribution in [2.45, 2.75) is 45.4 Å². The predicted molar refractivity (Wildman–Crippen MR) is 82.3 cm³/mol. The number of thioether (sulfide) groups is 1. The van der Waals surface area contributed by atoms with Gasteiger partial charge in [0.1, 0.15) is 0 Å². The fourth-order valence-corrected chi connectivity index (χ4v) is 3.74. The van der Waals surface area contributed by atoms with Gasteiger partial charge in [0, 0.05) is 17.5 Å². The van der Waals surface area contributed by atoms with Crippen molar-refractivity contribution in [2.24, 2.45) is 5.92 Å². The van der Waals surface area contributed by atoms with Gasteiger partial charge in [-0.15, -0.1) is 0 Å². The Bertz CT molecular complexity index is 364. The van der Waals surface area contributed by atoms with E-state index >= 15 is 0 Å². The standard InChI is InChI=1S/C16H25NS/c1-4-17-16(15-5-6-15)11-18-10-14-8-12(2)7-13(3)9-14/h7-9,15-17H,4-6,10-11H2,1-3H3. The Morgan fingerprint density at radius 2 is 1.89 bits per heavy atom. The molecule has 1 unspecified atom stereocenters. The Hall–Kier alpha value is -0.470. The van der Waals surface area contributed by atoms with Crippen LogP contribution in [0, 0.1) is 19.8 Å². The molecule has 0 aliphatic heterocycles. The number of rotatable bonds is 7. The van der Waals surface area contributed by atoms with Gasteiger partial charge in [0.05, 0.1) is 0 Å². The maximum Gasteiger partial charge on any atom is 0.0186 e. The second-order valence-corrected chi connectivity index (χ2v) is 6.54. The maximum absolute atomic E-state index is 3.63. The summed E-state index contributed by atoms with van der Waals surface area (Å²) in [5.41, 5.74) is 4.25. The molecule has 1 N–H and O–H groups in total. The van der Waals surface area contributed by atoms with Gasteiger partial charge in [-0.1, -0.05) is 36.2 Å². The highest BCUT2D eigenvalue weighted by atomic mass is 32.2. The molecule has 1 aliphatic rings. The van der Waals surface area contributed by atoms with Gasteiger partial charge in [0.2, 0.25) is 0 Å². The summed E-state index contributed by atoms with van der Waals surface area (Å²) in [6.45, 7) is 7.69. The molecular weight excluding hydrogens is 238 g/mol. The van der Waals surface area contributed by atoms with Crippen molar-refractivity contribution >= 4 is 11.8 Å². The van der Waals surface area contributed by atoms with E-state index in [2.05, 4.69) is 56.0 Å². The van der Waals surface area contributed by atoms with Gasteiger partial charge >= 0.3 is 0 Å². The average Bonchev–Trinajstić information content (AvgIpc) is 3.10. The summed E-state index contributed by atoms with van der Waals surface area (Å²) in [5.74, 6) is 3.36. The van der Waals surface area contributed by atoms with Crippen molar-refractivity contribution in [1.29, 1.82) is 0 Å². The molecule has 0 saturated heterocycles. The summed E-state index contributed by atoms with van der Waals surface area (Å²) in [5, 5.41) is 3.63. The van der Waals surface area contributed by atoms with Crippen LogP contribution in [0.4, 0.5) is 0 Å². The maximum atomic E-state index is 3.63. The molecule has 0 bridgehead atoms. The summed E-state index contributed by atoms with van der Waals surface area (Å²) >= 11 is 2.08. The molecule has 1 aromatic rings. The Labute approximate surface area is 116 Å². The van der Waals surface area contributed by atoms with Gasteiger partial charge in [-0.05, 0) is 44.7 Å². The van der Waals surface area contributed by atoms with E-state index in [4.69, 9.17) is 0 Å². The SMILES string of the molecule is CCNC(CSCc1cc(C)cc(C)c1)C1CC1. The lowest BCUT2D eigenvalue weighted by atomic mass is 10.1. The minimum atomic E-state index is 0.742. The van der Waals surface area contributed by atoms with Crippen LogP contribution in [-0.4, -0.2) is 18.3 Å². The number of nitrogens with one attached hydrogen (secondary N) is 1. The number of aryl methyl sites for hydroxylation is 2. The molecule has 1 aliphatic carbocycles. The van der Waals surface area contributed by atoms with E-state index in [1.165, 1.54) is 35.3 Å². The molecule has 0 amide bonds. The van der Waals surface area contributed by atoms with Crippen molar-refractivity contribution in [3.8, 4) is 0 Å². The van der Waals surface area contributed by atoms with E-state index in [0.29, 0.717) is 0 Å². The van der Waals surface area contributed by atoms with Crippen molar-refractivity contribution in [3.63, 3.8) is 0 Å². The third-order valence-electron chi connectivity index (χ3n) is 3.50. The molecule has 2 rings (SSSR count). The molecule has 1 atom stereocenters. The summed E-state index contributed by atoms with van der Waals surface area (Å²) < 4.78 is 0. The Morgan fingerprint density at radius 3 is 2.44 bits per heavy atom. The molecule has 1 fully saturated rings. The molecule has 0 spiro atoms.